The second-order valence-corrected chi connectivity index (χ2v) is 4.48. The number of amides is 1. The van der Waals surface area contributed by atoms with Crippen molar-refractivity contribution in [2.24, 2.45) is 0 Å². The summed E-state index contributed by atoms with van der Waals surface area (Å²) in [5.74, 6) is 0.284. The molecule has 0 aromatic carbocycles. The molecule has 1 aliphatic rings. The van der Waals surface area contributed by atoms with E-state index in [1.807, 2.05) is 31.1 Å². The number of rotatable bonds is 3. The van der Waals surface area contributed by atoms with Gasteiger partial charge in [0.1, 0.15) is 11.9 Å². The SMILES string of the molecule is CN(C)c1ccc(CC2C(=O)OCN2C(=O)O)cn1. The second kappa shape index (κ2) is 5.13. The average molecular weight is 265 g/mol. The van der Waals surface area contributed by atoms with E-state index in [0.717, 1.165) is 16.3 Å². The standard InChI is InChI=1S/C12H15N3O4/c1-14(2)10-4-3-8(6-13-10)5-9-11(16)19-7-15(9)12(17)18/h3-4,6,9H,5,7H2,1-2H3,(H,17,18). The van der Waals surface area contributed by atoms with Gasteiger partial charge in [0.05, 0.1) is 0 Å². The second-order valence-electron chi connectivity index (χ2n) is 4.48. The molecule has 2 heterocycles. The molecular weight excluding hydrogens is 250 g/mol. The van der Waals surface area contributed by atoms with Crippen LogP contribution < -0.4 is 4.90 Å². The Morgan fingerprint density at radius 3 is 2.84 bits per heavy atom. The number of pyridine rings is 1. The zero-order valence-corrected chi connectivity index (χ0v) is 10.7. The Balaban J connectivity index is 2.11. The number of carboxylic acid groups (broad SMARTS) is 1. The molecule has 1 amide bonds. The molecule has 1 aromatic heterocycles. The van der Waals surface area contributed by atoms with E-state index in [2.05, 4.69) is 4.98 Å². The number of carbonyl (C=O) groups excluding carboxylic acids is 1. The third-order valence-corrected chi connectivity index (χ3v) is 2.94. The van der Waals surface area contributed by atoms with Crippen LogP contribution >= 0.6 is 0 Å². The first kappa shape index (κ1) is 13.1. The molecule has 7 nitrogen and oxygen atoms in total. The Bertz CT molecular complexity index is 486. The fourth-order valence-corrected chi connectivity index (χ4v) is 1.85. The van der Waals surface area contributed by atoms with Crippen LogP contribution in [0.3, 0.4) is 0 Å². The Morgan fingerprint density at radius 2 is 2.32 bits per heavy atom. The van der Waals surface area contributed by atoms with Crippen molar-refractivity contribution in [1.29, 1.82) is 0 Å². The van der Waals surface area contributed by atoms with E-state index >= 15 is 0 Å². The Hall–Kier alpha value is -2.31. The number of aromatic nitrogens is 1. The van der Waals surface area contributed by atoms with E-state index in [1.54, 1.807) is 6.20 Å². The van der Waals surface area contributed by atoms with Gasteiger partial charge in [0.2, 0.25) is 0 Å². The van der Waals surface area contributed by atoms with Crippen molar-refractivity contribution >= 4 is 17.9 Å². The molecule has 1 unspecified atom stereocenters. The van der Waals surface area contributed by atoms with Gasteiger partial charge in [-0.05, 0) is 11.6 Å². The van der Waals surface area contributed by atoms with E-state index in [-0.39, 0.29) is 13.2 Å². The van der Waals surface area contributed by atoms with Crippen molar-refractivity contribution in [3.05, 3.63) is 23.9 Å². The maximum atomic E-state index is 11.5. The number of hydrogen-bond donors (Lipinski definition) is 1. The van der Waals surface area contributed by atoms with Gasteiger partial charge in [-0.25, -0.2) is 14.6 Å². The predicted octanol–water partition coefficient (Wildman–Crippen LogP) is 0.553. The van der Waals surface area contributed by atoms with Crippen molar-refractivity contribution in [2.45, 2.75) is 12.5 Å². The highest BCUT2D eigenvalue weighted by Crippen LogP contribution is 2.17. The van der Waals surface area contributed by atoms with Gasteiger partial charge in [0, 0.05) is 26.7 Å². The summed E-state index contributed by atoms with van der Waals surface area (Å²) in [6.07, 6.45) is 0.751. The first-order chi connectivity index (χ1) is 8.99. The highest BCUT2D eigenvalue weighted by Gasteiger charge is 2.37. The maximum absolute atomic E-state index is 11.5. The van der Waals surface area contributed by atoms with Crippen LogP contribution in [0.15, 0.2) is 18.3 Å². The highest BCUT2D eigenvalue weighted by molar-refractivity contribution is 5.83. The smallest absolute Gasteiger partial charge is 0.410 e. The molecule has 0 spiro atoms. The van der Waals surface area contributed by atoms with Crippen LogP contribution in [0.2, 0.25) is 0 Å². The fourth-order valence-electron chi connectivity index (χ4n) is 1.85. The van der Waals surface area contributed by atoms with Crippen LogP contribution in [0.1, 0.15) is 5.56 Å². The maximum Gasteiger partial charge on any atom is 0.410 e. The van der Waals surface area contributed by atoms with E-state index in [0.29, 0.717) is 0 Å². The van der Waals surface area contributed by atoms with Crippen LogP contribution in [-0.2, 0) is 16.0 Å². The van der Waals surface area contributed by atoms with Crippen LogP contribution in [0.25, 0.3) is 0 Å². The number of carbonyl (C=O) groups is 2. The average Bonchev–Trinajstić information content (AvgIpc) is 2.72. The molecule has 1 atom stereocenters. The van der Waals surface area contributed by atoms with Gasteiger partial charge in [-0.15, -0.1) is 0 Å². The summed E-state index contributed by atoms with van der Waals surface area (Å²) in [4.78, 5) is 29.5. The molecule has 1 fully saturated rings. The molecule has 0 bridgehead atoms. The highest BCUT2D eigenvalue weighted by atomic mass is 16.6. The molecule has 19 heavy (non-hydrogen) atoms. The third kappa shape index (κ3) is 2.75. The number of esters is 1. The van der Waals surface area contributed by atoms with E-state index in [4.69, 9.17) is 9.84 Å². The number of nitrogens with zero attached hydrogens (tertiary/aromatic N) is 3. The number of hydrogen-bond acceptors (Lipinski definition) is 5. The van der Waals surface area contributed by atoms with Crippen LogP contribution in [0.5, 0.6) is 0 Å². The number of anilines is 1. The van der Waals surface area contributed by atoms with Gasteiger partial charge in [-0.3, -0.25) is 4.90 Å². The molecule has 1 aliphatic heterocycles. The van der Waals surface area contributed by atoms with Gasteiger partial charge >= 0.3 is 12.1 Å². The van der Waals surface area contributed by atoms with E-state index in [9.17, 15) is 9.59 Å². The van der Waals surface area contributed by atoms with Gasteiger partial charge in [-0.1, -0.05) is 6.07 Å². The molecule has 1 N–H and O–H groups in total. The Kier molecular flexibility index (Phi) is 3.55. The minimum atomic E-state index is -1.16. The van der Waals surface area contributed by atoms with Crippen molar-refractivity contribution in [2.75, 3.05) is 25.7 Å². The lowest BCUT2D eigenvalue weighted by molar-refractivity contribution is -0.139. The lowest BCUT2D eigenvalue weighted by atomic mass is 10.1. The number of ether oxygens (including phenoxy) is 1. The minimum Gasteiger partial charge on any atom is -0.465 e. The molecule has 102 valence electrons. The van der Waals surface area contributed by atoms with Crippen LogP contribution in [-0.4, -0.2) is 53.9 Å². The minimum absolute atomic E-state index is 0.206. The van der Waals surface area contributed by atoms with Crippen molar-refractivity contribution in [1.82, 2.24) is 9.88 Å². The molecule has 0 radical (unpaired) electrons. The lowest BCUT2D eigenvalue weighted by Crippen LogP contribution is -2.38. The quantitative estimate of drug-likeness (QED) is 0.804. The molecule has 1 saturated heterocycles. The van der Waals surface area contributed by atoms with Gasteiger partial charge in [0.15, 0.2) is 6.73 Å². The summed E-state index contributed by atoms with van der Waals surface area (Å²) in [7, 11) is 3.75. The number of cyclic esters (lactones) is 1. The van der Waals surface area contributed by atoms with E-state index < -0.39 is 18.1 Å². The summed E-state index contributed by atoms with van der Waals surface area (Å²) in [5.41, 5.74) is 0.792. The van der Waals surface area contributed by atoms with Crippen molar-refractivity contribution in [3.8, 4) is 0 Å². The first-order valence-electron chi connectivity index (χ1n) is 5.77. The first-order valence-corrected chi connectivity index (χ1v) is 5.77. The third-order valence-electron chi connectivity index (χ3n) is 2.94. The van der Waals surface area contributed by atoms with Crippen LogP contribution in [0.4, 0.5) is 10.6 Å². The zero-order chi connectivity index (χ0) is 14.0. The summed E-state index contributed by atoms with van der Waals surface area (Å²) < 4.78 is 4.75. The zero-order valence-electron chi connectivity index (χ0n) is 10.7. The van der Waals surface area contributed by atoms with Gasteiger partial charge in [-0.2, -0.15) is 0 Å². The van der Waals surface area contributed by atoms with Crippen molar-refractivity contribution < 1.29 is 19.4 Å². The summed E-state index contributed by atoms with van der Waals surface area (Å²) in [6, 6.07) is 2.86. The molecule has 7 heteroatoms. The summed E-state index contributed by atoms with van der Waals surface area (Å²) >= 11 is 0. The molecule has 2 rings (SSSR count). The lowest BCUT2D eigenvalue weighted by Gasteiger charge is -2.17. The predicted molar refractivity (Wildman–Crippen MR) is 66.9 cm³/mol. The fraction of sp³-hybridized carbons (Fsp3) is 0.417. The van der Waals surface area contributed by atoms with Gasteiger partial charge < -0.3 is 14.7 Å². The van der Waals surface area contributed by atoms with E-state index in [1.165, 1.54) is 0 Å². The molecular formula is C12H15N3O4. The molecule has 0 saturated carbocycles. The Labute approximate surface area is 110 Å². The largest absolute Gasteiger partial charge is 0.465 e. The van der Waals surface area contributed by atoms with Crippen molar-refractivity contribution in [3.63, 3.8) is 0 Å². The Morgan fingerprint density at radius 1 is 1.58 bits per heavy atom. The topological polar surface area (TPSA) is 83.0 Å². The summed E-state index contributed by atoms with van der Waals surface area (Å²) in [6.45, 7) is -0.206. The summed E-state index contributed by atoms with van der Waals surface area (Å²) in [5, 5.41) is 8.97. The van der Waals surface area contributed by atoms with Crippen LogP contribution in [0, 0.1) is 0 Å². The van der Waals surface area contributed by atoms with Gasteiger partial charge in [0.25, 0.3) is 0 Å². The molecule has 0 aliphatic carbocycles. The normalized spacial score (nSPS) is 18.3. The monoisotopic (exact) mass is 265 g/mol. The molecule has 1 aromatic rings.